The van der Waals surface area contributed by atoms with Gasteiger partial charge in [0.2, 0.25) is 23.5 Å². The zero-order valence-corrected chi connectivity index (χ0v) is 31.6. The first-order chi connectivity index (χ1) is 25.8. The number of anilines is 2. The summed E-state index contributed by atoms with van der Waals surface area (Å²) >= 11 is 0. The SMILES string of the molecule is CC(C)(CNC(=O)CC1CCN(c2ccn3c4c(nc3n2)=CCCC=4)CC1)COCC(C)(C)CNc1cccc2c1C(=O)N(C1CCC(=O)NC1=O)C2=O. The predicted octanol–water partition coefficient (Wildman–Crippen LogP) is 2.39. The van der Waals surface area contributed by atoms with Crippen molar-refractivity contribution < 1.29 is 28.7 Å². The summed E-state index contributed by atoms with van der Waals surface area (Å²) in [6, 6.07) is 6.07. The van der Waals surface area contributed by atoms with E-state index in [2.05, 4.69) is 63.5 Å². The Kier molecular flexibility index (Phi) is 10.3. The first kappa shape index (κ1) is 37.2. The molecule has 0 radical (unpaired) electrons. The zero-order valence-electron chi connectivity index (χ0n) is 31.6. The highest BCUT2D eigenvalue weighted by atomic mass is 16.5. The van der Waals surface area contributed by atoms with Gasteiger partial charge in [0.15, 0.2) is 0 Å². The minimum Gasteiger partial charge on any atom is -0.384 e. The number of benzene rings is 1. The Balaban J connectivity index is 0.835. The number of carbonyl (C=O) groups excluding carboxylic acids is 5. The summed E-state index contributed by atoms with van der Waals surface area (Å²) in [5.41, 5.74) is 0.329. The van der Waals surface area contributed by atoms with Crippen LogP contribution in [0.5, 0.6) is 0 Å². The van der Waals surface area contributed by atoms with Crippen LogP contribution >= 0.6 is 0 Å². The van der Waals surface area contributed by atoms with E-state index in [4.69, 9.17) is 14.7 Å². The maximum absolute atomic E-state index is 13.4. The number of imide groups is 2. The van der Waals surface area contributed by atoms with Gasteiger partial charge in [-0.05, 0) is 56.2 Å². The monoisotopic (exact) mass is 738 g/mol. The summed E-state index contributed by atoms with van der Waals surface area (Å²) in [5, 5.41) is 10.8. The van der Waals surface area contributed by atoms with Crippen LogP contribution < -0.4 is 31.5 Å². The van der Waals surface area contributed by atoms with Gasteiger partial charge in [-0.15, -0.1) is 0 Å². The first-order valence-electron chi connectivity index (χ1n) is 19.0. The standard InChI is InChI=1S/C40H50N8O6/c1-39(2,21-41-28-10-7-8-26-34(28)37(53)48(36(26)52)30-12-13-32(49)45-35(30)51)23-54-24-40(3,4)22-42-33(50)20-25-14-17-46(18-15-25)31-16-19-47-29-11-6-5-9-27(29)43-38(47)44-31/h7-11,16,19,25,30,41H,5-6,12-15,17-18,20-24H2,1-4H3,(H,42,50)(H,45,49,51). The third-order valence-corrected chi connectivity index (χ3v) is 10.8. The summed E-state index contributed by atoms with van der Waals surface area (Å²) in [5.74, 6) is -0.0981. The van der Waals surface area contributed by atoms with Crippen LogP contribution in [0.4, 0.5) is 11.5 Å². The second-order valence-corrected chi connectivity index (χ2v) is 16.6. The molecule has 3 aliphatic heterocycles. The molecule has 54 heavy (non-hydrogen) atoms. The fourth-order valence-electron chi connectivity index (χ4n) is 7.67. The van der Waals surface area contributed by atoms with E-state index in [1.54, 1.807) is 18.2 Å². The quantitative estimate of drug-likeness (QED) is 0.222. The smallest absolute Gasteiger partial charge is 0.264 e. The van der Waals surface area contributed by atoms with Gasteiger partial charge in [-0.1, -0.05) is 45.9 Å². The minimum absolute atomic E-state index is 0.0562. The Morgan fingerprint density at radius 3 is 2.43 bits per heavy atom. The van der Waals surface area contributed by atoms with Crippen molar-refractivity contribution in [2.45, 2.75) is 78.7 Å². The van der Waals surface area contributed by atoms with Crippen molar-refractivity contribution in [2.24, 2.45) is 16.7 Å². The van der Waals surface area contributed by atoms with Crippen LogP contribution in [0.1, 0.15) is 93.4 Å². The lowest BCUT2D eigenvalue weighted by Crippen LogP contribution is -2.54. The van der Waals surface area contributed by atoms with Gasteiger partial charge < -0.3 is 20.3 Å². The van der Waals surface area contributed by atoms with E-state index in [0.717, 1.165) is 66.0 Å². The number of piperidine rings is 2. The molecule has 7 rings (SSSR count). The third-order valence-electron chi connectivity index (χ3n) is 10.8. The molecule has 3 N–H and O–H groups in total. The van der Waals surface area contributed by atoms with Gasteiger partial charge in [0, 0.05) is 61.7 Å². The molecule has 2 fully saturated rings. The van der Waals surface area contributed by atoms with E-state index in [1.807, 2.05) is 13.8 Å². The number of carbonyl (C=O) groups is 5. The first-order valence-corrected chi connectivity index (χ1v) is 19.0. The van der Waals surface area contributed by atoms with Gasteiger partial charge in [-0.2, -0.15) is 4.98 Å². The lowest BCUT2D eigenvalue weighted by Gasteiger charge is -2.33. The Morgan fingerprint density at radius 2 is 1.67 bits per heavy atom. The summed E-state index contributed by atoms with van der Waals surface area (Å²) < 4.78 is 8.23. The number of rotatable bonds is 13. The van der Waals surface area contributed by atoms with Gasteiger partial charge in [0.05, 0.1) is 35.0 Å². The van der Waals surface area contributed by atoms with Crippen molar-refractivity contribution in [2.75, 3.05) is 49.6 Å². The Bertz CT molecular complexity index is 2120. The molecule has 1 unspecified atom stereocenters. The molecule has 5 amide bonds. The maximum atomic E-state index is 13.4. The van der Waals surface area contributed by atoms with Gasteiger partial charge in [0.25, 0.3) is 11.8 Å². The molecule has 3 aromatic rings. The average molecular weight is 739 g/mol. The highest BCUT2D eigenvalue weighted by Crippen LogP contribution is 2.33. The van der Waals surface area contributed by atoms with Crippen molar-refractivity contribution in [1.29, 1.82) is 0 Å². The number of imidazole rings is 1. The second-order valence-electron chi connectivity index (χ2n) is 16.6. The van der Waals surface area contributed by atoms with Crippen LogP contribution in [0.15, 0.2) is 30.5 Å². The number of nitrogens with one attached hydrogen (secondary N) is 3. The summed E-state index contributed by atoms with van der Waals surface area (Å²) in [4.78, 5) is 76.6. The van der Waals surface area contributed by atoms with Crippen LogP contribution in [-0.2, 0) is 19.1 Å². The fourth-order valence-corrected chi connectivity index (χ4v) is 7.67. The molecule has 0 saturated carbocycles. The Hall–Kier alpha value is -5.11. The Labute approximate surface area is 314 Å². The largest absolute Gasteiger partial charge is 0.384 e. The number of amides is 5. The third kappa shape index (κ3) is 7.89. The van der Waals surface area contributed by atoms with E-state index in [9.17, 15) is 24.0 Å². The molecule has 2 aromatic heterocycles. The summed E-state index contributed by atoms with van der Waals surface area (Å²) in [6.45, 7) is 11.7. The lowest BCUT2D eigenvalue weighted by molar-refractivity contribution is -0.136. The van der Waals surface area contributed by atoms with Crippen LogP contribution in [0, 0.1) is 16.7 Å². The molecule has 14 heteroatoms. The molecule has 5 heterocycles. The van der Waals surface area contributed by atoms with Crippen LogP contribution in [-0.4, -0.2) is 94.2 Å². The summed E-state index contributed by atoms with van der Waals surface area (Å²) in [6.07, 6.45) is 11.0. The van der Waals surface area contributed by atoms with Crippen molar-refractivity contribution >= 4 is 59.0 Å². The Morgan fingerprint density at radius 1 is 0.926 bits per heavy atom. The average Bonchev–Trinajstić information content (AvgIpc) is 3.64. The second kappa shape index (κ2) is 15.0. The maximum Gasteiger partial charge on any atom is 0.264 e. The summed E-state index contributed by atoms with van der Waals surface area (Å²) in [7, 11) is 0. The van der Waals surface area contributed by atoms with Gasteiger partial charge >= 0.3 is 0 Å². The van der Waals surface area contributed by atoms with E-state index < -0.39 is 29.7 Å². The minimum atomic E-state index is -1.02. The van der Waals surface area contributed by atoms with Gasteiger partial charge in [0.1, 0.15) is 11.9 Å². The highest BCUT2D eigenvalue weighted by molar-refractivity contribution is 6.25. The molecular formula is C40H50N8O6. The topological polar surface area (TPSA) is 167 Å². The molecule has 1 atom stereocenters. The number of ether oxygens (including phenoxy) is 1. The molecule has 14 nitrogen and oxygen atoms in total. The van der Waals surface area contributed by atoms with Crippen molar-refractivity contribution in [3.63, 3.8) is 0 Å². The normalized spacial score (nSPS) is 19.3. The number of hydrogen-bond acceptors (Lipinski definition) is 10. The van der Waals surface area contributed by atoms with E-state index >= 15 is 0 Å². The van der Waals surface area contributed by atoms with Crippen molar-refractivity contribution in [3.05, 3.63) is 52.3 Å². The van der Waals surface area contributed by atoms with Crippen molar-refractivity contribution in [3.8, 4) is 0 Å². The molecule has 0 spiro atoms. The molecular weight excluding hydrogens is 688 g/mol. The fraction of sp³-hybridized carbons (Fsp3) is 0.525. The van der Waals surface area contributed by atoms with E-state index in [0.29, 0.717) is 44.3 Å². The lowest BCUT2D eigenvalue weighted by atomic mass is 9.91. The zero-order chi connectivity index (χ0) is 38.2. The number of fused-ring (bicyclic) bond motifs is 4. The highest BCUT2D eigenvalue weighted by Gasteiger charge is 2.45. The van der Waals surface area contributed by atoms with Crippen molar-refractivity contribution in [1.82, 2.24) is 29.9 Å². The molecule has 1 aliphatic carbocycles. The predicted molar refractivity (Wildman–Crippen MR) is 203 cm³/mol. The number of nitrogens with zero attached hydrogens (tertiary/aromatic N) is 5. The molecule has 286 valence electrons. The van der Waals surface area contributed by atoms with E-state index in [-0.39, 0.29) is 40.7 Å². The molecule has 4 aliphatic rings. The van der Waals surface area contributed by atoms with Crippen LogP contribution in [0.25, 0.3) is 17.9 Å². The molecule has 1 aromatic carbocycles. The van der Waals surface area contributed by atoms with Gasteiger partial charge in [-0.3, -0.25) is 38.6 Å². The van der Waals surface area contributed by atoms with E-state index in [1.165, 1.54) is 0 Å². The number of hydrogen-bond donors (Lipinski definition) is 3. The number of aromatic nitrogens is 3. The van der Waals surface area contributed by atoms with Gasteiger partial charge in [-0.25, -0.2) is 4.98 Å². The molecule has 0 bridgehead atoms. The van der Waals surface area contributed by atoms with Crippen LogP contribution in [0.2, 0.25) is 0 Å². The molecule has 2 saturated heterocycles. The van der Waals surface area contributed by atoms with Crippen LogP contribution in [0.3, 0.4) is 0 Å².